The standard InChI is InChI=1S/C22H29N3O4/c1-4-16(2)29-20-10-6-9-19(14-20)25-21(26)15-24-18-8-5-7-17(13-18)22(27)23-11-12-28-3/h5-10,13-14,16,24H,4,11-12,15H2,1-3H3,(H,23,27)(H,25,26). The molecule has 1 atom stereocenters. The summed E-state index contributed by atoms with van der Waals surface area (Å²) in [7, 11) is 1.58. The Labute approximate surface area is 171 Å². The lowest BCUT2D eigenvalue weighted by atomic mass is 10.2. The number of carbonyl (C=O) groups excluding carboxylic acids is 2. The van der Waals surface area contributed by atoms with Gasteiger partial charge in [0.1, 0.15) is 5.75 Å². The second kappa shape index (κ2) is 11.7. The van der Waals surface area contributed by atoms with Gasteiger partial charge in [-0.25, -0.2) is 0 Å². The number of benzene rings is 2. The summed E-state index contributed by atoms with van der Waals surface area (Å²) in [6.45, 7) is 5.02. The molecular weight excluding hydrogens is 370 g/mol. The van der Waals surface area contributed by atoms with Crippen LogP contribution in [0.15, 0.2) is 48.5 Å². The molecule has 0 saturated heterocycles. The molecule has 29 heavy (non-hydrogen) atoms. The number of carbonyl (C=O) groups is 2. The van der Waals surface area contributed by atoms with E-state index >= 15 is 0 Å². The van der Waals surface area contributed by atoms with Crippen molar-refractivity contribution in [3.05, 3.63) is 54.1 Å². The topological polar surface area (TPSA) is 88.7 Å². The maximum absolute atomic E-state index is 12.3. The Morgan fingerprint density at radius 3 is 2.59 bits per heavy atom. The van der Waals surface area contributed by atoms with E-state index in [1.54, 1.807) is 37.4 Å². The molecule has 0 aliphatic carbocycles. The van der Waals surface area contributed by atoms with Crippen molar-refractivity contribution in [1.29, 1.82) is 0 Å². The van der Waals surface area contributed by atoms with Gasteiger partial charge in [-0.05, 0) is 43.7 Å². The third-order valence-corrected chi connectivity index (χ3v) is 4.20. The van der Waals surface area contributed by atoms with Crippen LogP contribution < -0.4 is 20.7 Å². The Kier molecular flexibility index (Phi) is 8.98. The number of methoxy groups -OCH3 is 1. The number of anilines is 2. The highest BCUT2D eigenvalue weighted by molar-refractivity contribution is 5.96. The molecule has 0 aliphatic rings. The largest absolute Gasteiger partial charge is 0.491 e. The van der Waals surface area contributed by atoms with Gasteiger partial charge in [0.2, 0.25) is 5.91 Å². The Hall–Kier alpha value is -3.06. The highest BCUT2D eigenvalue weighted by Crippen LogP contribution is 2.19. The average molecular weight is 399 g/mol. The van der Waals surface area contributed by atoms with Crippen molar-refractivity contribution < 1.29 is 19.1 Å². The minimum atomic E-state index is -0.194. The highest BCUT2D eigenvalue weighted by Gasteiger charge is 2.08. The minimum Gasteiger partial charge on any atom is -0.491 e. The van der Waals surface area contributed by atoms with Crippen LogP contribution in [0.25, 0.3) is 0 Å². The Morgan fingerprint density at radius 2 is 1.83 bits per heavy atom. The molecule has 0 heterocycles. The molecule has 0 bridgehead atoms. The van der Waals surface area contributed by atoms with Crippen LogP contribution >= 0.6 is 0 Å². The third-order valence-electron chi connectivity index (χ3n) is 4.20. The number of hydrogen-bond donors (Lipinski definition) is 3. The molecule has 0 radical (unpaired) electrons. The lowest BCUT2D eigenvalue weighted by Gasteiger charge is -2.14. The van der Waals surface area contributed by atoms with E-state index in [2.05, 4.69) is 22.9 Å². The molecular formula is C22H29N3O4. The second-order valence-electron chi connectivity index (χ2n) is 6.60. The van der Waals surface area contributed by atoms with Crippen molar-refractivity contribution in [3.8, 4) is 5.75 Å². The van der Waals surface area contributed by atoms with Gasteiger partial charge in [-0.3, -0.25) is 9.59 Å². The van der Waals surface area contributed by atoms with Crippen LogP contribution in [0.2, 0.25) is 0 Å². The first-order valence-electron chi connectivity index (χ1n) is 9.69. The van der Waals surface area contributed by atoms with Crippen molar-refractivity contribution in [2.75, 3.05) is 37.4 Å². The molecule has 3 N–H and O–H groups in total. The van der Waals surface area contributed by atoms with Gasteiger partial charge >= 0.3 is 0 Å². The van der Waals surface area contributed by atoms with E-state index in [9.17, 15) is 9.59 Å². The van der Waals surface area contributed by atoms with E-state index in [1.165, 1.54) is 0 Å². The second-order valence-corrected chi connectivity index (χ2v) is 6.60. The molecule has 1 unspecified atom stereocenters. The first-order chi connectivity index (χ1) is 14.0. The van der Waals surface area contributed by atoms with Crippen LogP contribution in [0, 0.1) is 0 Å². The van der Waals surface area contributed by atoms with Crippen molar-refractivity contribution in [2.24, 2.45) is 0 Å². The molecule has 2 aromatic rings. The number of amides is 2. The highest BCUT2D eigenvalue weighted by atomic mass is 16.5. The van der Waals surface area contributed by atoms with Crippen molar-refractivity contribution in [2.45, 2.75) is 26.4 Å². The van der Waals surface area contributed by atoms with Gasteiger partial charge in [-0.15, -0.1) is 0 Å². The van der Waals surface area contributed by atoms with Gasteiger partial charge in [-0.2, -0.15) is 0 Å². The molecule has 2 rings (SSSR count). The fourth-order valence-corrected chi connectivity index (χ4v) is 2.49. The van der Waals surface area contributed by atoms with Crippen molar-refractivity contribution in [1.82, 2.24) is 5.32 Å². The van der Waals surface area contributed by atoms with E-state index < -0.39 is 0 Å². The van der Waals surface area contributed by atoms with Crippen LogP contribution in [0.3, 0.4) is 0 Å². The summed E-state index contributed by atoms with van der Waals surface area (Å²) in [6, 6.07) is 14.3. The summed E-state index contributed by atoms with van der Waals surface area (Å²) in [5, 5.41) is 8.64. The molecule has 0 saturated carbocycles. The molecule has 2 amide bonds. The van der Waals surface area contributed by atoms with Gasteiger partial charge in [0, 0.05) is 36.7 Å². The predicted octanol–water partition coefficient (Wildman–Crippen LogP) is 3.29. The number of ether oxygens (including phenoxy) is 2. The normalized spacial score (nSPS) is 11.4. The summed E-state index contributed by atoms with van der Waals surface area (Å²) in [5.41, 5.74) is 1.87. The van der Waals surface area contributed by atoms with E-state index in [4.69, 9.17) is 9.47 Å². The maximum Gasteiger partial charge on any atom is 0.251 e. The zero-order valence-corrected chi connectivity index (χ0v) is 17.2. The smallest absolute Gasteiger partial charge is 0.251 e. The molecule has 156 valence electrons. The first kappa shape index (κ1) is 22.2. The van der Waals surface area contributed by atoms with Crippen LogP contribution in [0.5, 0.6) is 5.75 Å². The van der Waals surface area contributed by atoms with E-state index in [0.29, 0.717) is 30.1 Å². The zero-order valence-electron chi connectivity index (χ0n) is 17.2. The lowest BCUT2D eigenvalue weighted by molar-refractivity contribution is -0.114. The fraction of sp³-hybridized carbons (Fsp3) is 0.364. The van der Waals surface area contributed by atoms with Gasteiger partial charge < -0.3 is 25.4 Å². The Bertz CT molecular complexity index is 810. The predicted molar refractivity (Wildman–Crippen MR) is 115 cm³/mol. The summed E-state index contributed by atoms with van der Waals surface area (Å²) in [5.74, 6) is 0.339. The van der Waals surface area contributed by atoms with Gasteiger partial charge in [0.15, 0.2) is 0 Å². The average Bonchev–Trinajstić information content (AvgIpc) is 2.72. The van der Waals surface area contributed by atoms with Gasteiger partial charge in [0.25, 0.3) is 5.91 Å². The van der Waals surface area contributed by atoms with Crippen LogP contribution in [0.1, 0.15) is 30.6 Å². The van der Waals surface area contributed by atoms with Crippen LogP contribution in [-0.2, 0) is 9.53 Å². The van der Waals surface area contributed by atoms with Crippen molar-refractivity contribution >= 4 is 23.2 Å². The molecule has 7 heteroatoms. The van der Waals surface area contributed by atoms with E-state index in [0.717, 1.165) is 12.2 Å². The number of hydrogen-bond acceptors (Lipinski definition) is 5. The van der Waals surface area contributed by atoms with Crippen LogP contribution in [0.4, 0.5) is 11.4 Å². The summed E-state index contributed by atoms with van der Waals surface area (Å²) in [6.07, 6.45) is 1.02. The fourth-order valence-electron chi connectivity index (χ4n) is 2.49. The van der Waals surface area contributed by atoms with Gasteiger partial charge in [0.05, 0.1) is 19.3 Å². The first-order valence-corrected chi connectivity index (χ1v) is 9.69. The minimum absolute atomic E-state index is 0.0746. The van der Waals surface area contributed by atoms with E-state index in [1.807, 2.05) is 25.1 Å². The third kappa shape index (κ3) is 7.83. The molecule has 0 fully saturated rings. The maximum atomic E-state index is 12.3. The zero-order chi connectivity index (χ0) is 21.1. The van der Waals surface area contributed by atoms with E-state index in [-0.39, 0.29) is 24.5 Å². The summed E-state index contributed by atoms with van der Waals surface area (Å²) >= 11 is 0. The lowest BCUT2D eigenvalue weighted by Crippen LogP contribution is -2.27. The molecule has 0 aliphatic heterocycles. The quantitative estimate of drug-likeness (QED) is 0.505. The monoisotopic (exact) mass is 399 g/mol. The molecule has 0 spiro atoms. The molecule has 0 aromatic heterocycles. The Balaban J connectivity index is 1.87. The summed E-state index contributed by atoms with van der Waals surface area (Å²) < 4.78 is 10.7. The number of nitrogens with one attached hydrogen (secondary N) is 3. The van der Waals surface area contributed by atoms with Crippen molar-refractivity contribution in [3.63, 3.8) is 0 Å². The Morgan fingerprint density at radius 1 is 1.07 bits per heavy atom. The van der Waals surface area contributed by atoms with Gasteiger partial charge in [-0.1, -0.05) is 19.1 Å². The SMILES string of the molecule is CCC(C)Oc1cccc(NC(=O)CNc2cccc(C(=O)NCCOC)c2)c1. The molecule has 7 nitrogen and oxygen atoms in total. The molecule has 2 aromatic carbocycles. The van der Waals surface area contributed by atoms with Crippen LogP contribution in [-0.4, -0.2) is 44.7 Å². The number of rotatable bonds is 11. The summed E-state index contributed by atoms with van der Waals surface area (Å²) in [4.78, 5) is 24.4.